The number of hydrogen-bond acceptors (Lipinski definition) is 2. The molecule has 16 heavy (non-hydrogen) atoms. The summed E-state index contributed by atoms with van der Waals surface area (Å²) in [7, 11) is 2.20. The largest absolute Gasteiger partial charge is 0.361 e. The topological polar surface area (TPSA) is 31.1 Å². The number of hydrogen-bond donors (Lipinski definition) is 2. The summed E-state index contributed by atoms with van der Waals surface area (Å²) in [4.78, 5) is 6.04. The number of piperidine rings is 1. The van der Waals surface area contributed by atoms with E-state index in [-0.39, 0.29) is 0 Å². The van der Waals surface area contributed by atoms with Gasteiger partial charge in [-0.25, -0.2) is 0 Å². The first kappa shape index (κ1) is 10.4. The van der Waals surface area contributed by atoms with Crippen molar-refractivity contribution >= 4 is 0 Å². The van der Waals surface area contributed by atoms with Crippen LogP contribution in [0.2, 0.25) is 0 Å². The molecule has 1 aromatic heterocycles. The van der Waals surface area contributed by atoms with Crippen molar-refractivity contribution in [1.82, 2.24) is 15.2 Å². The molecule has 1 unspecified atom stereocenters. The second-order valence-corrected chi connectivity index (χ2v) is 5.26. The van der Waals surface area contributed by atoms with Gasteiger partial charge in [0.05, 0.1) is 0 Å². The van der Waals surface area contributed by atoms with Gasteiger partial charge in [0.15, 0.2) is 0 Å². The molecule has 0 saturated carbocycles. The number of H-pyrrole nitrogens is 1. The smallest absolute Gasteiger partial charge is 0.0385 e. The highest BCUT2D eigenvalue weighted by atomic mass is 15.1. The lowest BCUT2D eigenvalue weighted by atomic mass is 9.96. The van der Waals surface area contributed by atoms with E-state index in [4.69, 9.17) is 0 Å². The normalized spacial score (nSPS) is 26.7. The Kier molecular flexibility index (Phi) is 2.74. The summed E-state index contributed by atoms with van der Waals surface area (Å²) in [5, 5.41) is 3.49. The molecule has 0 bridgehead atoms. The third-order valence-electron chi connectivity index (χ3n) is 3.94. The highest BCUT2D eigenvalue weighted by molar-refractivity contribution is 5.30. The minimum atomic E-state index is 0.713. The summed E-state index contributed by atoms with van der Waals surface area (Å²) in [5.41, 5.74) is 4.47. The molecule has 3 rings (SSSR count). The minimum Gasteiger partial charge on any atom is -0.361 e. The Morgan fingerprint density at radius 2 is 2.38 bits per heavy atom. The number of nitrogens with zero attached hydrogens (tertiary/aromatic N) is 1. The van der Waals surface area contributed by atoms with Crippen LogP contribution >= 0.6 is 0 Å². The fourth-order valence-electron chi connectivity index (χ4n) is 2.93. The predicted molar refractivity (Wildman–Crippen MR) is 65.7 cm³/mol. The summed E-state index contributed by atoms with van der Waals surface area (Å²) < 4.78 is 0. The minimum absolute atomic E-state index is 0.713. The number of aromatic nitrogens is 1. The Balaban J connectivity index is 1.80. The van der Waals surface area contributed by atoms with Crippen molar-refractivity contribution < 1.29 is 0 Å². The molecule has 0 aliphatic carbocycles. The zero-order valence-electron chi connectivity index (χ0n) is 10.1. The molecule has 2 N–H and O–H groups in total. The molecule has 3 heterocycles. The molecule has 3 nitrogen and oxygen atoms in total. The van der Waals surface area contributed by atoms with Gasteiger partial charge < -0.3 is 15.2 Å². The summed E-state index contributed by atoms with van der Waals surface area (Å²) >= 11 is 0. The molecular weight excluding hydrogens is 198 g/mol. The van der Waals surface area contributed by atoms with Crippen molar-refractivity contribution in [2.75, 3.05) is 26.7 Å². The fraction of sp³-hybridized carbons (Fsp3) is 0.692. The summed E-state index contributed by atoms with van der Waals surface area (Å²) in [6.07, 6.45) is 3.86. The maximum Gasteiger partial charge on any atom is 0.0385 e. The predicted octanol–water partition coefficient (Wildman–Crippen LogP) is 1.47. The van der Waals surface area contributed by atoms with Crippen molar-refractivity contribution in [3.8, 4) is 0 Å². The monoisotopic (exact) mass is 219 g/mol. The van der Waals surface area contributed by atoms with E-state index < -0.39 is 0 Å². The van der Waals surface area contributed by atoms with Crippen LogP contribution in [0.25, 0.3) is 0 Å². The van der Waals surface area contributed by atoms with Crippen LogP contribution in [0.3, 0.4) is 0 Å². The average Bonchev–Trinajstić information content (AvgIpc) is 2.73. The van der Waals surface area contributed by atoms with Gasteiger partial charge >= 0.3 is 0 Å². The molecule has 0 amide bonds. The van der Waals surface area contributed by atoms with Gasteiger partial charge in [0, 0.05) is 36.9 Å². The van der Waals surface area contributed by atoms with Crippen LogP contribution in [0.15, 0.2) is 6.07 Å². The van der Waals surface area contributed by atoms with Gasteiger partial charge in [-0.1, -0.05) is 0 Å². The van der Waals surface area contributed by atoms with E-state index in [1.54, 1.807) is 5.56 Å². The Labute approximate surface area is 97.2 Å². The Hall–Kier alpha value is -0.800. The molecule has 3 heteroatoms. The number of likely N-dealkylation sites (N-methyl/N-ethyl adjacent to an activating group) is 1. The zero-order chi connectivity index (χ0) is 11.0. The molecule has 0 aromatic carbocycles. The molecular formula is C13H21N3. The van der Waals surface area contributed by atoms with Gasteiger partial charge in [0.2, 0.25) is 0 Å². The number of nitrogens with one attached hydrogen (secondary N) is 2. The van der Waals surface area contributed by atoms with Gasteiger partial charge in [0.1, 0.15) is 0 Å². The lowest BCUT2D eigenvalue weighted by molar-refractivity contribution is 0.309. The van der Waals surface area contributed by atoms with Crippen molar-refractivity contribution in [2.24, 2.45) is 0 Å². The van der Waals surface area contributed by atoms with E-state index in [0.717, 1.165) is 13.1 Å². The first-order valence-corrected chi connectivity index (χ1v) is 6.43. The van der Waals surface area contributed by atoms with Gasteiger partial charge in [-0.15, -0.1) is 0 Å². The van der Waals surface area contributed by atoms with Crippen molar-refractivity contribution in [3.63, 3.8) is 0 Å². The van der Waals surface area contributed by atoms with E-state index in [1.807, 2.05) is 0 Å². The van der Waals surface area contributed by atoms with Crippen LogP contribution in [0.5, 0.6) is 0 Å². The SMILES string of the molecule is CN1CCc2cc(C3CCCNC3)[nH]c2C1. The summed E-state index contributed by atoms with van der Waals surface area (Å²) in [5.74, 6) is 0.713. The molecule has 1 saturated heterocycles. The van der Waals surface area contributed by atoms with Crippen LogP contribution < -0.4 is 5.32 Å². The van der Waals surface area contributed by atoms with Crippen LogP contribution in [0.4, 0.5) is 0 Å². The fourth-order valence-corrected chi connectivity index (χ4v) is 2.93. The quantitative estimate of drug-likeness (QED) is 0.749. The number of fused-ring (bicyclic) bond motifs is 1. The summed E-state index contributed by atoms with van der Waals surface area (Å²) in [6.45, 7) is 4.64. The zero-order valence-corrected chi connectivity index (χ0v) is 10.1. The van der Waals surface area contributed by atoms with Crippen LogP contribution in [0.1, 0.15) is 35.7 Å². The van der Waals surface area contributed by atoms with E-state index in [9.17, 15) is 0 Å². The standard InChI is InChI=1S/C13H21N3/c1-16-6-4-10-7-12(15-13(10)9-16)11-3-2-5-14-8-11/h7,11,14-15H,2-6,8-9H2,1H3. The Bertz CT molecular complexity index is 363. The van der Waals surface area contributed by atoms with Crippen LogP contribution in [0, 0.1) is 0 Å². The van der Waals surface area contributed by atoms with Crippen LogP contribution in [-0.4, -0.2) is 36.6 Å². The molecule has 1 fully saturated rings. The van der Waals surface area contributed by atoms with Crippen molar-refractivity contribution in [3.05, 3.63) is 23.0 Å². The maximum absolute atomic E-state index is 3.65. The van der Waals surface area contributed by atoms with Crippen molar-refractivity contribution in [2.45, 2.75) is 31.7 Å². The lowest BCUT2D eigenvalue weighted by Gasteiger charge is -2.22. The molecule has 0 radical (unpaired) electrons. The third kappa shape index (κ3) is 1.89. The van der Waals surface area contributed by atoms with E-state index in [2.05, 4.69) is 28.3 Å². The highest BCUT2D eigenvalue weighted by Gasteiger charge is 2.21. The van der Waals surface area contributed by atoms with Gasteiger partial charge in [-0.05, 0) is 44.5 Å². The average molecular weight is 219 g/mol. The molecule has 1 aromatic rings. The Morgan fingerprint density at radius 1 is 1.44 bits per heavy atom. The summed E-state index contributed by atoms with van der Waals surface area (Å²) in [6, 6.07) is 2.42. The highest BCUT2D eigenvalue weighted by Crippen LogP contribution is 2.27. The molecule has 1 atom stereocenters. The molecule has 2 aliphatic heterocycles. The van der Waals surface area contributed by atoms with Crippen molar-refractivity contribution in [1.29, 1.82) is 0 Å². The molecule has 2 aliphatic rings. The van der Waals surface area contributed by atoms with Gasteiger partial charge in [-0.2, -0.15) is 0 Å². The van der Waals surface area contributed by atoms with E-state index in [1.165, 1.54) is 43.7 Å². The van der Waals surface area contributed by atoms with E-state index >= 15 is 0 Å². The third-order valence-corrected chi connectivity index (χ3v) is 3.94. The second kappa shape index (κ2) is 4.22. The first-order chi connectivity index (χ1) is 7.83. The van der Waals surface area contributed by atoms with Crippen LogP contribution in [-0.2, 0) is 13.0 Å². The first-order valence-electron chi connectivity index (χ1n) is 6.43. The number of aromatic amines is 1. The van der Waals surface area contributed by atoms with E-state index in [0.29, 0.717) is 5.92 Å². The number of rotatable bonds is 1. The second-order valence-electron chi connectivity index (χ2n) is 5.26. The lowest BCUT2D eigenvalue weighted by Crippen LogP contribution is -2.28. The van der Waals surface area contributed by atoms with Gasteiger partial charge in [0.25, 0.3) is 0 Å². The molecule has 88 valence electrons. The van der Waals surface area contributed by atoms with Gasteiger partial charge in [-0.3, -0.25) is 0 Å². The Morgan fingerprint density at radius 3 is 3.19 bits per heavy atom. The maximum atomic E-state index is 3.65. The molecule has 0 spiro atoms.